The van der Waals surface area contributed by atoms with Gasteiger partial charge >= 0.3 is 0 Å². The molecule has 5 heteroatoms. The van der Waals surface area contributed by atoms with Crippen molar-refractivity contribution in [2.24, 2.45) is 5.73 Å². The van der Waals surface area contributed by atoms with Gasteiger partial charge in [-0.3, -0.25) is 4.79 Å². The first-order chi connectivity index (χ1) is 8.17. The zero-order valence-corrected chi connectivity index (χ0v) is 10.2. The Hall–Kier alpha value is -1.75. The molecule has 1 aromatic carbocycles. The van der Waals surface area contributed by atoms with E-state index in [0.29, 0.717) is 18.0 Å². The van der Waals surface area contributed by atoms with E-state index < -0.39 is 0 Å². The Kier molecular flexibility index (Phi) is 5.29. The van der Waals surface area contributed by atoms with Crippen molar-refractivity contribution in [1.29, 1.82) is 0 Å². The number of nitrogens with one attached hydrogen (secondary N) is 1. The molecule has 0 heterocycles. The average molecular weight is 238 g/mol. The van der Waals surface area contributed by atoms with Gasteiger partial charge in [0.05, 0.1) is 20.8 Å². The van der Waals surface area contributed by atoms with E-state index in [1.165, 1.54) is 0 Å². The third-order valence-electron chi connectivity index (χ3n) is 2.34. The van der Waals surface area contributed by atoms with Gasteiger partial charge in [0.15, 0.2) is 11.5 Å². The molecule has 1 rings (SSSR count). The fourth-order valence-corrected chi connectivity index (χ4v) is 1.48. The van der Waals surface area contributed by atoms with Crippen molar-refractivity contribution in [3.05, 3.63) is 23.8 Å². The van der Waals surface area contributed by atoms with Crippen LogP contribution in [0.15, 0.2) is 18.2 Å². The largest absolute Gasteiger partial charge is 0.493 e. The molecule has 17 heavy (non-hydrogen) atoms. The summed E-state index contributed by atoms with van der Waals surface area (Å²) in [5, 5.41) is 2.95. The number of methoxy groups -OCH3 is 2. The highest BCUT2D eigenvalue weighted by Crippen LogP contribution is 2.27. The molecule has 0 aliphatic rings. The van der Waals surface area contributed by atoms with Gasteiger partial charge in [-0.05, 0) is 30.7 Å². The lowest BCUT2D eigenvalue weighted by Gasteiger charge is -2.09. The van der Waals surface area contributed by atoms with Crippen LogP contribution in [0.1, 0.15) is 5.56 Å². The summed E-state index contributed by atoms with van der Waals surface area (Å²) in [4.78, 5) is 10.5. The summed E-state index contributed by atoms with van der Waals surface area (Å²) in [7, 11) is 3.21. The van der Waals surface area contributed by atoms with E-state index in [1.807, 2.05) is 18.2 Å². The molecule has 0 saturated carbocycles. The molecule has 0 aromatic heterocycles. The lowest BCUT2D eigenvalue weighted by atomic mass is 10.1. The third kappa shape index (κ3) is 4.32. The van der Waals surface area contributed by atoms with Gasteiger partial charge in [0.25, 0.3) is 0 Å². The SMILES string of the molecule is COc1ccc(CCNCC(N)=O)cc1OC. The van der Waals surface area contributed by atoms with Crippen LogP contribution in [0.4, 0.5) is 0 Å². The monoisotopic (exact) mass is 238 g/mol. The molecule has 1 amide bonds. The molecular weight excluding hydrogens is 220 g/mol. The van der Waals surface area contributed by atoms with Crippen molar-refractivity contribution >= 4 is 5.91 Å². The van der Waals surface area contributed by atoms with Crippen molar-refractivity contribution in [2.45, 2.75) is 6.42 Å². The summed E-state index contributed by atoms with van der Waals surface area (Å²) in [6.07, 6.45) is 0.799. The van der Waals surface area contributed by atoms with Crippen LogP contribution in [0.3, 0.4) is 0 Å². The lowest BCUT2D eigenvalue weighted by Crippen LogP contribution is -2.29. The number of carbonyl (C=O) groups excluding carboxylic acids is 1. The molecule has 0 bridgehead atoms. The van der Waals surface area contributed by atoms with E-state index in [2.05, 4.69) is 5.32 Å². The van der Waals surface area contributed by atoms with E-state index in [4.69, 9.17) is 15.2 Å². The molecule has 0 spiro atoms. The van der Waals surface area contributed by atoms with Crippen LogP contribution in [0.2, 0.25) is 0 Å². The molecule has 0 saturated heterocycles. The summed E-state index contributed by atoms with van der Waals surface area (Å²) in [5.74, 6) is 1.07. The summed E-state index contributed by atoms with van der Waals surface area (Å²) in [5.41, 5.74) is 6.13. The van der Waals surface area contributed by atoms with E-state index >= 15 is 0 Å². The highest BCUT2D eigenvalue weighted by molar-refractivity contribution is 5.75. The van der Waals surface area contributed by atoms with Crippen molar-refractivity contribution in [3.8, 4) is 11.5 Å². The van der Waals surface area contributed by atoms with Crippen LogP contribution >= 0.6 is 0 Å². The zero-order chi connectivity index (χ0) is 12.7. The van der Waals surface area contributed by atoms with Crippen molar-refractivity contribution in [2.75, 3.05) is 27.3 Å². The van der Waals surface area contributed by atoms with E-state index in [-0.39, 0.29) is 12.5 Å². The second-order valence-corrected chi connectivity index (χ2v) is 3.58. The van der Waals surface area contributed by atoms with Crippen LogP contribution in [-0.4, -0.2) is 33.2 Å². The molecule has 0 radical (unpaired) electrons. The van der Waals surface area contributed by atoms with Gasteiger partial charge in [-0.1, -0.05) is 6.07 Å². The van der Waals surface area contributed by atoms with E-state index in [9.17, 15) is 4.79 Å². The molecule has 0 aliphatic heterocycles. The molecule has 3 N–H and O–H groups in total. The number of carbonyl (C=O) groups is 1. The molecule has 0 fully saturated rings. The highest BCUT2D eigenvalue weighted by Gasteiger charge is 2.04. The number of hydrogen-bond acceptors (Lipinski definition) is 4. The maximum atomic E-state index is 10.5. The normalized spacial score (nSPS) is 10.0. The zero-order valence-electron chi connectivity index (χ0n) is 10.2. The highest BCUT2D eigenvalue weighted by atomic mass is 16.5. The first-order valence-electron chi connectivity index (χ1n) is 5.37. The Bertz CT molecular complexity index is 380. The predicted octanol–water partition coefficient (Wildman–Crippen LogP) is 0.321. The Labute approximate surface area is 101 Å². The predicted molar refractivity (Wildman–Crippen MR) is 65.3 cm³/mol. The molecule has 0 unspecified atom stereocenters. The number of benzene rings is 1. The fourth-order valence-electron chi connectivity index (χ4n) is 1.48. The third-order valence-corrected chi connectivity index (χ3v) is 2.34. The summed E-state index contributed by atoms with van der Waals surface area (Å²) in [6.45, 7) is 0.895. The summed E-state index contributed by atoms with van der Waals surface area (Å²) < 4.78 is 10.3. The van der Waals surface area contributed by atoms with Gasteiger partial charge in [0.2, 0.25) is 5.91 Å². The summed E-state index contributed by atoms with van der Waals surface area (Å²) in [6, 6.07) is 5.75. The fraction of sp³-hybridized carbons (Fsp3) is 0.417. The van der Waals surface area contributed by atoms with E-state index in [0.717, 1.165) is 12.0 Å². The van der Waals surface area contributed by atoms with Gasteiger partial charge in [-0.25, -0.2) is 0 Å². The minimum absolute atomic E-state index is 0.202. The molecule has 94 valence electrons. The van der Waals surface area contributed by atoms with Gasteiger partial charge < -0.3 is 20.5 Å². The molecule has 1 aromatic rings. The lowest BCUT2D eigenvalue weighted by molar-refractivity contribution is -0.117. The maximum absolute atomic E-state index is 10.5. The van der Waals surface area contributed by atoms with Crippen LogP contribution < -0.4 is 20.5 Å². The topological polar surface area (TPSA) is 73.6 Å². The number of rotatable bonds is 7. The first-order valence-corrected chi connectivity index (χ1v) is 5.37. The van der Waals surface area contributed by atoms with Crippen LogP contribution in [0.25, 0.3) is 0 Å². The van der Waals surface area contributed by atoms with Crippen molar-refractivity contribution < 1.29 is 14.3 Å². The average Bonchev–Trinajstić information content (AvgIpc) is 2.34. The first kappa shape index (κ1) is 13.3. The maximum Gasteiger partial charge on any atom is 0.231 e. The Morgan fingerprint density at radius 2 is 2.00 bits per heavy atom. The Morgan fingerprint density at radius 1 is 1.29 bits per heavy atom. The standard InChI is InChI=1S/C12H18N2O3/c1-16-10-4-3-9(7-11(10)17-2)5-6-14-8-12(13)15/h3-4,7,14H,5-6,8H2,1-2H3,(H2,13,15). The van der Waals surface area contributed by atoms with Gasteiger partial charge in [-0.15, -0.1) is 0 Å². The minimum atomic E-state index is -0.350. The molecule has 0 aliphatic carbocycles. The smallest absolute Gasteiger partial charge is 0.231 e. The Morgan fingerprint density at radius 3 is 2.59 bits per heavy atom. The minimum Gasteiger partial charge on any atom is -0.493 e. The van der Waals surface area contributed by atoms with Gasteiger partial charge in [0, 0.05) is 0 Å². The van der Waals surface area contributed by atoms with Crippen molar-refractivity contribution in [1.82, 2.24) is 5.32 Å². The van der Waals surface area contributed by atoms with Gasteiger partial charge in [-0.2, -0.15) is 0 Å². The number of amides is 1. The van der Waals surface area contributed by atoms with Crippen molar-refractivity contribution in [3.63, 3.8) is 0 Å². The second kappa shape index (κ2) is 6.75. The van der Waals surface area contributed by atoms with Crippen LogP contribution in [-0.2, 0) is 11.2 Å². The summed E-state index contributed by atoms with van der Waals surface area (Å²) >= 11 is 0. The molecular formula is C12H18N2O3. The number of primary amides is 1. The molecule has 5 nitrogen and oxygen atoms in total. The number of hydrogen-bond donors (Lipinski definition) is 2. The second-order valence-electron chi connectivity index (χ2n) is 3.58. The number of nitrogens with two attached hydrogens (primary N) is 1. The van der Waals surface area contributed by atoms with Crippen LogP contribution in [0, 0.1) is 0 Å². The van der Waals surface area contributed by atoms with Crippen LogP contribution in [0.5, 0.6) is 11.5 Å². The quantitative estimate of drug-likeness (QED) is 0.671. The van der Waals surface area contributed by atoms with Gasteiger partial charge in [0.1, 0.15) is 0 Å². The Balaban J connectivity index is 2.51. The molecule has 0 atom stereocenters. The number of ether oxygens (including phenoxy) is 2. The van der Waals surface area contributed by atoms with E-state index in [1.54, 1.807) is 14.2 Å².